The van der Waals surface area contributed by atoms with Gasteiger partial charge in [-0.3, -0.25) is 0 Å². The van der Waals surface area contributed by atoms with Crippen LogP contribution in [-0.2, 0) is 0 Å². The first-order chi connectivity index (χ1) is 9.58. The molecule has 106 valence electrons. The summed E-state index contributed by atoms with van der Waals surface area (Å²) in [5.74, 6) is 0.620. The zero-order chi connectivity index (χ0) is 14.5. The van der Waals surface area contributed by atoms with Gasteiger partial charge in [-0.2, -0.15) is 9.97 Å². The zero-order valence-electron chi connectivity index (χ0n) is 11.1. The third-order valence-electron chi connectivity index (χ3n) is 2.34. The SMILES string of the molecule is CCCOc1nc(Cl)nc(Oc2ccc(Br)c(C)c2)n1. The molecular formula is C13H13BrClN3O2. The number of aryl methyl sites for hydroxylation is 1. The Balaban J connectivity index is 2.19. The first-order valence-electron chi connectivity index (χ1n) is 6.07. The minimum absolute atomic E-state index is 0.0370. The van der Waals surface area contributed by atoms with Crippen molar-refractivity contribution in [3.63, 3.8) is 0 Å². The number of nitrogens with zero attached hydrogens (tertiary/aromatic N) is 3. The van der Waals surface area contributed by atoms with Crippen molar-refractivity contribution < 1.29 is 9.47 Å². The van der Waals surface area contributed by atoms with E-state index in [2.05, 4.69) is 30.9 Å². The number of aromatic nitrogens is 3. The second kappa shape index (κ2) is 6.85. The zero-order valence-corrected chi connectivity index (χ0v) is 13.4. The maximum absolute atomic E-state index is 5.82. The maximum atomic E-state index is 5.82. The van der Waals surface area contributed by atoms with Gasteiger partial charge in [0.15, 0.2) is 0 Å². The second-order valence-corrected chi connectivity index (χ2v) is 5.22. The van der Waals surface area contributed by atoms with Crippen LogP contribution in [0.3, 0.4) is 0 Å². The van der Waals surface area contributed by atoms with Crippen LogP contribution in [-0.4, -0.2) is 21.6 Å². The van der Waals surface area contributed by atoms with Gasteiger partial charge >= 0.3 is 12.0 Å². The maximum Gasteiger partial charge on any atom is 0.329 e. The van der Waals surface area contributed by atoms with Crippen molar-refractivity contribution >= 4 is 27.5 Å². The number of hydrogen-bond donors (Lipinski definition) is 0. The van der Waals surface area contributed by atoms with Crippen molar-refractivity contribution in [1.29, 1.82) is 0 Å². The van der Waals surface area contributed by atoms with E-state index in [1.54, 1.807) is 6.07 Å². The number of halogens is 2. The summed E-state index contributed by atoms with van der Waals surface area (Å²) in [5, 5.41) is 0.0370. The van der Waals surface area contributed by atoms with E-state index >= 15 is 0 Å². The highest BCUT2D eigenvalue weighted by Gasteiger charge is 2.09. The Morgan fingerprint density at radius 1 is 1.20 bits per heavy atom. The van der Waals surface area contributed by atoms with Gasteiger partial charge in [-0.15, -0.1) is 4.98 Å². The molecule has 0 aliphatic rings. The molecule has 0 aliphatic carbocycles. The van der Waals surface area contributed by atoms with Crippen LogP contribution >= 0.6 is 27.5 Å². The lowest BCUT2D eigenvalue weighted by molar-refractivity contribution is 0.284. The molecule has 5 nitrogen and oxygen atoms in total. The van der Waals surface area contributed by atoms with E-state index in [4.69, 9.17) is 21.1 Å². The molecule has 0 saturated heterocycles. The monoisotopic (exact) mass is 357 g/mol. The summed E-state index contributed by atoms with van der Waals surface area (Å²) in [6, 6.07) is 5.84. The van der Waals surface area contributed by atoms with Crippen molar-refractivity contribution in [1.82, 2.24) is 15.0 Å². The molecule has 2 rings (SSSR count). The molecule has 2 aromatic rings. The molecule has 7 heteroatoms. The molecule has 20 heavy (non-hydrogen) atoms. The standard InChI is InChI=1S/C13H13BrClN3O2/c1-3-6-19-12-16-11(15)17-13(18-12)20-9-4-5-10(14)8(2)7-9/h4-5,7H,3,6H2,1-2H3. The van der Waals surface area contributed by atoms with Crippen molar-refractivity contribution in [3.05, 3.63) is 33.5 Å². The van der Waals surface area contributed by atoms with Gasteiger partial charge in [-0.25, -0.2) is 0 Å². The Kier molecular flexibility index (Phi) is 5.14. The average Bonchev–Trinajstić information content (AvgIpc) is 2.40. The first-order valence-corrected chi connectivity index (χ1v) is 7.24. The summed E-state index contributed by atoms with van der Waals surface area (Å²) in [6.45, 7) is 4.47. The van der Waals surface area contributed by atoms with Crippen LogP contribution in [0.5, 0.6) is 17.8 Å². The fourth-order valence-electron chi connectivity index (χ4n) is 1.40. The van der Waals surface area contributed by atoms with Gasteiger partial charge < -0.3 is 9.47 Å². The van der Waals surface area contributed by atoms with Gasteiger partial charge in [0.2, 0.25) is 5.28 Å². The van der Waals surface area contributed by atoms with E-state index in [1.165, 1.54) is 0 Å². The number of benzene rings is 1. The second-order valence-electron chi connectivity index (χ2n) is 4.03. The van der Waals surface area contributed by atoms with Crippen LogP contribution in [0, 0.1) is 6.92 Å². The van der Waals surface area contributed by atoms with E-state index in [1.807, 2.05) is 26.0 Å². The topological polar surface area (TPSA) is 57.1 Å². The van der Waals surface area contributed by atoms with Crippen LogP contribution < -0.4 is 9.47 Å². The molecule has 0 aliphatic heterocycles. The minimum atomic E-state index is 0.0370. The summed E-state index contributed by atoms with van der Waals surface area (Å²) in [5.41, 5.74) is 1.05. The number of ether oxygens (including phenoxy) is 2. The Morgan fingerprint density at radius 3 is 2.65 bits per heavy atom. The molecule has 0 bridgehead atoms. The lowest BCUT2D eigenvalue weighted by Gasteiger charge is -2.07. The fraction of sp³-hybridized carbons (Fsp3) is 0.308. The summed E-state index contributed by atoms with van der Waals surface area (Å²) in [6.07, 6.45) is 0.853. The molecule has 0 N–H and O–H groups in total. The summed E-state index contributed by atoms with van der Waals surface area (Å²) >= 11 is 9.25. The minimum Gasteiger partial charge on any atom is -0.463 e. The lowest BCUT2D eigenvalue weighted by atomic mass is 10.2. The number of hydrogen-bond acceptors (Lipinski definition) is 5. The lowest BCUT2D eigenvalue weighted by Crippen LogP contribution is -2.03. The summed E-state index contributed by atoms with van der Waals surface area (Å²) < 4.78 is 11.9. The fourth-order valence-corrected chi connectivity index (χ4v) is 1.80. The Hall–Kier alpha value is -1.40. The number of rotatable bonds is 5. The van der Waals surface area contributed by atoms with E-state index in [0.717, 1.165) is 16.5 Å². The van der Waals surface area contributed by atoms with Gasteiger partial charge in [0, 0.05) is 4.47 Å². The Bertz CT molecular complexity index is 610. The van der Waals surface area contributed by atoms with Gasteiger partial charge in [0.25, 0.3) is 0 Å². The predicted molar refractivity (Wildman–Crippen MR) is 79.6 cm³/mol. The van der Waals surface area contributed by atoms with Gasteiger partial charge in [0.05, 0.1) is 6.61 Å². The third-order valence-corrected chi connectivity index (χ3v) is 3.40. The molecule has 0 unspecified atom stereocenters. The van der Waals surface area contributed by atoms with Crippen molar-refractivity contribution in [2.24, 2.45) is 0 Å². The van der Waals surface area contributed by atoms with Crippen LogP contribution in [0.15, 0.2) is 22.7 Å². The van der Waals surface area contributed by atoms with Crippen molar-refractivity contribution in [2.45, 2.75) is 20.3 Å². The largest absolute Gasteiger partial charge is 0.463 e. The Morgan fingerprint density at radius 2 is 1.95 bits per heavy atom. The van der Waals surface area contributed by atoms with Crippen LogP contribution in [0.1, 0.15) is 18.9 Å². The summed E-state index contributed by atoms with van der Waals surface area (Å²) in [4.78, 5) is 11.9. The highest BCUT2D eigenvalue weighted by molar-refractivity contribution is 9.10. The Labute approximate surface area is 130 Å². The van der Waals surface area contributed by atoms with E-state index < -0.39 is 0 Å². The van der Waals surface area contributed by atoms with Crippen LogP contribution in [0.4, 0.5) is 0 Å². The molecular weight excluding hydrogens is 346 g/mol. The normalized spacial score (nSPS) is 10.4. The van der Waals surface area contributed by atoms with Crippen molar-refractivity contribution in [2.75, 3.05) is 6.61 Å². The highest BCUT2D eigenvalue weighted by atomic mass is 79.9. The molecule has 1 aromatic heterocycles. The molecule has 0 spiro atoms. The third kappa shape index (κ3) is 4.05. The highest BCUT2D eigenvalue weighted by Crippen LogP contribution is 2.25. The molecule has 0 radical (unpaired) electrons. The first kappa shape index (κ1) is 15.0. The van der Waals surface area contributed by atoms with Gasteiger partial charge in [-0.1, -0.05) is 22.9 Å². The average molecular weight is 359 g/mol. The predicted octanol–water partition coefficient (Wildman–Crippen LogP) is 4.18. The molecule has 0 saturated carbocycles. The van der Waals surface area contributed by atoms with E-state index in [-0.39, 0.29) is 17.3 Å². The summed E-state index contributed by atoms with van der Waals surface area (Å²) in [7, 11) is 0. The van der Waals surface area contributed by atoms with Crippen molar-refractivity contribution in [3.8, 4) is 17.8 Å². The molecule has 1 aromatic carbocycles. The molecule has 0 fully saturated rings. The molecule has 1 heterocycles. The van der Waals surface area contributed by atoms with Gasteiger partial charge in [-0.05, 0) is 48.7 Å². The van der Waals surface area contributed by atoms with E-state index in [9.17, 15) is 0 Å². The van der Waals surface area contributed by atoms with Crippen LogP contribution in [0.25, 0.3) is 0 Å². The quantitative estimate of drug-likeness (QED) is 0.802. The van der Waals surface area contributed by atoms with E-state index in [0.29, 0.717) is 12.4 Å². The van der Waals surface area contributed by atoms with Crippen LogP contribution in [0.2, 0.25) is 5.28 Å². The molecule has 0 amide bonds. The van der Waals surface area contributed by atoms with Gasteiger partial charge in [0.1, 0.15) is 5.75 Å². The molecule has 0 atom stereocenters. The smallest absolute Gasteiger partial charge is 0.329 e.